The molecule has 2 heteroatoms. The summed E-state index contributed by atoms with van der Waals surface area (Å²) in [5.74, 6) is 5.54. The van der Waals surface area contributed by atoms with E-state index in [4.69, 9.17) is 0 Å². The van der Waals surface area contributed by atoms with Crippen LogP contribution in [0.2, 0.25) is 0 Å². The number of hydrogen-bond donors (Lipinski definition) is 0. The third-order valence-corrected chi connectivity index (χ3v) is 9.98. The first-order chi connectivity index (χ1) is 14.9. The van der Waals surface area contributed by atoms with Gasteiger partial charge in [0.05, 0.1) is 0 Å². The number of fused-ring (bicyclic) bond motifs is 5. The van der Waals surface area contributed by atoms with E-state index in [1.54, 1.807) is 19.1 Å². The Morgan fingerprint density at radius 2 is 1.71 bits per heavy atom. The molecule has 0 saturated heterocycles. The van der Waals surface area contributed by atoms with Crippen molar-refractivity contribution in [1.29, 1.82) is 0 Å². The van der Waals surface area contributed by atoms with Crippen LogP contribution in [0.1, 0.15) is 101 Å². The molecule has 0 aromatic heterocycles. The van der Waals surface area contributed by atoms with Gasteiger partial charge in [-0.15, -0.1) is 0 Å². The molecule has 172 valence electrons. The molecular weight excluding hydrogens is 383 g/mol. The van der Waals surface area contributed by atoms with Crippen LogP contribution in [0.3, 0.4) is 0 Å². The van der Waals surface area contributed by atoms with Crippen molar-refractivity contribution in [3.05, 3.63) is 35.1 Å². The van der Waals surface area contributed by atoms with Gasteiger partial charge >= 0.3 is 0 Å². The first-order valence-corrected chi connectivity index (χ1v) is 13.2. The van der Waals surface area contributed by atoms with Crippen LogP contribution in [0.25, 0.3) is 0 Å². The largest absolute Gasteiger partial charge is 0.294 e. The first-order valence-electron chi connectivity index (χ1n) is 13.2. The van der Waals surface area contributed by atoms with E-state index in [0.29, 0.717) is 5.56 Å². The summed E-state index contributed by atoms with van der Waals surface area (Å²) in [6.07, 6.45) is 12.0. The van der Waals surface area contributed by atoms with E-state index in [-0.39, 0.29) is 22.9 Å². The number of carbonyl (C=O) groups is 1. The summed E-state index contributed by atoms with van der Waals surface area (Å²) < 4.78 is 13.7. The summed E-state index contributed by atoms with van der Waals surface area (Å²) in [6, 6.07) is 4.95. The summed E-state index contributed by atoms with van der Waals surface area (Å²) >= 11 is 0. The van der Waals surface area contributed by atoms with Crippen molar-refractivity contribution in [1.82, 2.24) is 0 Å². The van der Waals surface area contributed by atoms with Gasteiger partial charge in [-0.2, -0.15) is 0 Å². The predicted molar refractivity (Wildman–Crippen MR) is 127 cm³/mol. The van der Waals surface area contributed by atoms with Crippen molar-refractivity contribution >= 4 is 5.78 Å². The van der Waals surface area contributed by atoms with Crippen molar-refractivity contribution in [3.63, 3.8) is 0 Å². The molecule has 4 fully saturated rings. The Morgan fingerprint density at radius 1 is 0.968 bits per heavy atom. The van der Waals surface area contributed by atoms with Crippen LogP contribution in [0.15, 0.2) is 18.2 Å². The number of hydrogen-bond acceptors (Lipinski definition) is 1. The molecule has 1 nitrogen and oxygen atoms in total. The third kappa shape index (κ3) is 3.91. The predicted octanol–water partition coefficient (Wildman–Crippen LogP) is 8.25. The molecule has 0 spiro atoms. The normalized spacial score (nSPS) is 41.3. The number of rotatable bonds is 2. The van der Waals surface area contributed by atoms with Crippen molar-refractivity contribution in [2.75, 3.05) is 0 Å². The molecule has 1 aromatic carbocycles. The Kier molecular flexibility index (Phi) is 6.67. The van der Waals surface area contributed by atoms with Crippen molar-refractivity contribution in [2.45, 2.75) is 92.4 Å². The van der Waals surface area contributed by atoms with E-state index in [1.807, 2.05) is 13.8 Å². The molecule has 8 unspecified atom stereocenters. The number of halogens is 1. The number of carbonyl (C=O) groups excluding carboxylic acids is 1. The fourth-order valence-corrected chi connectivity index (χ4v) is 8.52. The summed E-state index contributed by atoms with van der Waals surface area (Å²) in [7, 11) is 0. The number of ketones is 1. The van der Waals surface area contributed by atoms with Crippen LogP contribution >= 0.6 is 0 Å². The van der Waals surface area contributed by atoms with Crippen LogP contribution < -0.4 is 0 Å². The molecule has 0 amide bonds. The van der Waals surface area contributed by atoms with Gasteiger partial charge in [-0.3, -0.25) is 4.79 Å². The highest BCUT2D eigenvalue weighted by atomic mass is 19.1. The standard InChI is InChI=1S/C27H37FO.C2H6/c1-16-4-7-20-18(14-16)5-8-22-21(20)12-13-27(3)23(22)9-10-24(27)26(29)19-6-11-25(28)17(2)15-19;1-2/h6,11,15-16,18,20-24H,4-5,7-10,12-14H2,1-3H3;1-2H3. The fraction of sp³-hybridized carbons (Fsp3) is 0.759. The minimum Gasteiger partial charge on any atom is -0.294 e. The summed E-state index contributed by atoms with van der Waals surface area (Å²) in [6.45, 7) is 10.6. The lowest BCUT2D eigenvalue weighted by Crippen LogP contribution is -2.49. The molecule has 1 aromatic rings. The molecule has 0 N–H and O–H groups in total. The molecular formula is C29H43FO. The molecule has 0 heterocycles. The van der Waals surface area contributed by atoms with E-state index in [0.717, 1.165) is 47.5 Å². The van der Waals surface area contributed by atoms with E-state index in [2.05, 4.69) is 13.8 Å². The summed E-state index contributed by atoms with van der Waals surface area (Å²) in [5.41, 5.74) is 1.46. The van der Waals surface area contributed by atoms with Gasteiger partial charge in [0.2, 0.25) is 0 Å². The quantitative estimate of drug-likeness (QED) is 0.435. The molecule has 8 atom stereocenters. The highest BCUT2D eigenvalue weighted by molar-refractivity contribution is 5.98. The average Bonchev–Trinajstić information content (AvgIpc) is 3.13. The van der Waals surface area contributed by atoms with Gasteiger partial charge in [-0.25, -0.2) is 4.39 Å². The smallest absolute Gasteiger partial charge is 0.166 e. The highest BCUT2D eigenvalue weighted by Crippen LogP contribution is 2.64. The Bertz CT molecular complexity index is 800. The lowest BCUT2D eigenvalue weighted by molar-refractivity contribution is -0.0634. The molecule has 0 aliphatic heterocycles. The molecule has 0 radical (unpaired) electrons. The van der Waals surface area contributed by atoms with E-state index >= 15 is 0 Å². The van der Waals surface area contributed by atoms with Gasteiger partial charge in [0, 0.05) is 11.5 Å². The lowest BCUT2D eigenvalue weighted by atomic mass is 9.49. The van der Waals surface area contributed by atoms with Gasteiger partial charge in [0.25, 0.3) is 0 Å². The molecule has 4 aliphatic rings. The second-order valence-corrected chi connectivity index (χ2v) is 11.4. The maximum Gasteiger partial charge on any atom is 0.166 e. The van der Waals surface area contributed by atoms with Crippen LogP contribution in [-0.4, -0.2) is 5.78 Å². The van der Waals surface area contributed by atoms with E-state index in [9.17, 15) is 9.18 Å². The second-order valence-electron chi connectivity index (χ2n) is 11.4. The van der Waals surface area contributed by atoms with Crippen molar-refractivity contribution < 1.29 is 9.18 Å². The molecule has 4 aliphatic carbocycles. The van der Waals surface area contributed by atoms with E-state index < -0.39 is 0 Å². The second kappa shape index (κ2) is 8.99. The first kappa shape index (κ1) is 23.0. The van der Waals surface area contributed by atoms with E-state index in [1.165, 1.54) is 57.4 Å². The minimum absolute atomic E-state index is 0.127. The maximum atomic E-state index is 13.7. The number of Topliss-reactive ketones (excluding diaryl/α,β-unsaturated/α-hetero) is 1. The van der Waals surface area contributed by atoms with Crippen molar-refractivity contribution in [2.24, 2.45) is 46.8 Å². The molecule has 0 bridgehead atoms. The van der Waals surface area contributed by atoms with Crippen LogP contribution in [0.5, 0.6) is 0 Å². The summed E-state index contributed by atoms with van der Waals surface area (Å²) in [4.78, 5) is 13.5. The number of benzene rings is 1. The Morgan fingerprint density at radius 3 is 2.45 bits per heavy atom. The zero-order valence-corrected chi connectivity index (χ0v) is 20.4. The average molecular weight is 427 g/mol. The van der Waals surface area contributed by atoms with Gasteiger partial charge in [0.15, 0.2) is 5.78 Å². The Labute approximate surface area is 189 Å². The molecule has 31 heavy (non-hydrogen) atoms. The maximum absolute atomic E-state index is 13.7. The SMILES string of the molecule is CC.Cc1cc(C(=O)C2CCC3C4CCC5CC(C)CCC5C4CCC23C)ccc1F. The van der Waals surface area contributed by atoms with Crippen LogP contribution in [0, 0.1) is 59.6 Å². The minimum atomic E-state index is -0.212. The summed E-state index contributed by atoms with van der Waals surface area (Å²) in [5, 5.41) is 0. The Hall–Kier alpha value is -1.18. The zero-order chi connectivity index (χ0) is 22.3. The van der Waals surface area contributed by atoms with Gasteiger partial charge in [-0.05, 0) is 123 Å². The van der Waals surface area contributed by atoms with Crippen LogP contribution in [-0.2, 0) is 0 Å². The lowest BCUT2D eigenvalue weighted by Gasteiger charge is -2.56. The molecule has 5 rings (SSSR count). The van der Waals surface area contributed by atoms with Gasteiger partial charge in [-0.1, -0.05) is 34.1 Å². The monoisotopic (exact) mass is 426 g/mol. The Balaban J connectivity index is 0.00000112. The highest BCUT2D eigenvalue weighted by Gasteiger charge is 2.58. The van der Waals surface area contributed by atoms with Crippen LogP contribution in [0.4, 0.5) is 4.39 Å². The van der Waals surface area contributed by atoms with Gasteiger partial charge < -0.3 is 0 Å². The molecule has 4 saturated carbocycles. The zero-order valence-electron chi connectivity index (χ0n) is 20.4. The topological polar surface area (TPSA) is 17.1 Å². The fourth-order valence-electron chi connectivity index (χ4n) is 8.52. The number of aryl methyl sites for hydroxylation is 1. The third-order valence-electron chi connectivity index (χ3n) is 9.98. The van der Waals surface area contributed by atoms with Gasteiger partial charge in [0.1, 0.15) is 5.82 Å². The van der Waals surface area contributed by atoms with Crippen molar-refractivity contribution in [3.8, 4) is 0 Å².